The number of carbonyl (C=O) groups is 3. The molecule has 0 aromatic heterocycles. The number of ether oxygens (including phenoxy) is 1. The van der Waals surface area contributed by atoms with Gasteiger partial charge in [-0.3, -0.25) is 9.59 Å². The summed E-state index contributed by atoms with van der Waals surface area (Å²) in [6.07, 6.45) is 0. The standard InChI is InChI=1S/C14H18N2O4/c1-14(2,3)16-12(18)11(17)15-10-7-5-9(6-8-10)13(19)20-4/h5-8H,1-4H3,(H,15,17)(H,16,18). The second kappa shape index (κ2) is 6.18. The third kappa shape index (κ3) is 4.72. The minimum atomic E-state index is -0.759. The Hall–Kier alpha value is -2.37. The lowest BCUT2D eigenvalue weighted by Crippen LogP contribution is -2.46. The first-order valence-electron chi connectivity index (χ1n) is 6.05. The summed E-state index contributed by atoms with van der Waals surface area (Å²) in [7, 11) is 1.29. The van der Waals surface area contributed by atoms with E-state index in [0.29, 0.717) is 11.3 Å². The van der Waals surface area contributed by atoms with Crippen LogP contribution >= 0.6 is 0 Å². The molecule has 0 saturated heterocycles. The van der Waals surface area contributed by atoms with Crippen LogP contribution in [0.2, 0.25) is 0 Å². The van der Waals surface area contributed by atoms with E-state index in [1.807, 2.05) is 0 Å². The van der Waals surface area contributed by atoms with Crippen LogP contribution < -0.4 is 10.6 Å². The fraction of sp³-hybridized carbons (Fsp3) is 0.357. The van der Waals surface area contributed by atoms with Gasteiger partial charge in [0.2, 0.25) is 0 Å². The van der Waals surface area contributed by atoms with Crippen LogP contribution in [-0.2, 0) is 14.3 Å². The Morgan fingerprint density at radius 1 is 1.00 bits per heavy atom. The molecule has 6 heteroatoms. The van der Waals surface area contributed by atoms with E-state index in [9.17, 15) is 14.4 Å². The first-order chi connectivity index (χ1) is 9.23. The van der Waals surface area contributed by atoms with Crippen LogP contribution in [0.15, 0.2) is 24.3 Å². The summed E-state index contributed by atoms with van der Waals surface area (Å²) in [5.41, 5.74) is 0.305. The van der Waals surface area contributed by atoms with Gasteiger partial charge in [-0.15, -0.1) is 0 Å². The van der Waals surface area contributed by atoms with Crippen LogP contribution in [0.5, 0.6) is 0 Å². The largest absolute Gasteiger partial charge is 0.465 e. The number of anilines is 1. The maximum Gasteiger partial charge on any atom is 0.337 e. The quantitative estimate of drug-likeness (QED) is 0.631. The average molecular weight is 278 g/mol. The first kappa shape index (κ1) is 15.7. The molecule has 0 spiro atoms. The van der Waals surface area contributed by atoms with Crippen LogP contribution in [0.1, 0.15) is 31.1 Å². The van der Waals surface area contributed by atoms with Crippen molar-refractivity contribution in [2.75, 3.05) is 12.4 Å². The van der Waals surface area contributed by atoms with E-state index < -0.39 is 23.3 Å². The SMILES string of the molecule is COC(=O)c1ccc(NC(=O)C(=O)NC(C)(C)C)cc1. The molecule has 0 atom stereocenters. The molecule has 0 heterocycles. The van der Waals surface area contributed by atoms with Crippen molar-refractivity contribution in [2.45, 2.75) is 26.3 Å². The summed E-state index contributed by atoms with van der Waals surface area (Å²) in [5, 5.41) is 5.00. The highest BCUT2D eigenvalue weighted by atomic mass is 16.5. The van der Waals surface area contributed by atoms with E-state index in [1.54, 1.807) is 20.8 Å². The van der Waals surface area contributed by atoms with Crippen molar-refractivity contribution in [1.82, 2.24) is 5.32 Å². The van der Waals surface area contributed by atoms with Crippen molar-refractivity contribution in [3.8, 4) is 0 Å². The summed E-state index contributed by atoms with van der Waals surface area (Å²) in [5.74, 6) is -1.94. The van der Waals surface area contributed by atoms with Gasteiger partial charge in [0.1, 0.15) is 0 Å². The van der Waals surface area contributed by atoms with Crippen molar-refractivity contribution in [1.29, 1.82) is 0 Å². The van der Waals surface area contributed by atoms with Gasteiger partial charge in [0, 0.05) is 11.2 Å². The lowest BCUT2D eigenvalue weighted by molar-refractivity contribution is -0.137. The van der Waals surface area contributed by atoms with E-state index in [0.717, 1.165) is 0 Å². The fourth-order valence-corrected chi connectivity index (χ4v) is 1.39. The van der Waals surface area contributed by atoms with Gasteiger partial charge < -0.3 is 15.4 Å². The number of esters is 1. The van der Waals surface area contributed by atoms with E-state index in [2.05, 4.69) is 15.4 Å². The Morgan fingerprint density at radius 2 is 1.55 bits per heavy atom. The number of benzene rings is 1. The Bertz CT molecular complexity index is 515. The maximum atomic E-state index is 11.7. The fourth-order valence-electron chi connectivity index (χ4n) is 1.39. The van der Waals surface area contributed by atoms with Gasteiger partial charge in [0.05, 0.1) is 12.7 Å². The molecule has 0 fully saturated rings. The number of hydrogen-bond acceptors (Lipinski definition) is 4. The van der Waals surface area contributed by atoms with Crippen molar-refractivity contribution >= 4 is 23.5 Å². The lowest BCUT2D eigenvalue weighted by atomic mass is 10.1. The average Bonchev–Trinajstić information content (AvgIpc) is 2.36. The van der Waals surface area contributed by atoms with Crippen molar-refractivity contribution in [2.24, 2.45) is 0 Å². The minimum absolute atomic E-state index is 0.365. The van der Waals surface area contributed by atoms with E-state index in [1.165, 1.54) is 31.4 Å². The van der Waals surface area contributed by atoms with Crippen LogP contribution in [0.25, 0.3) is 0 Å². The number of nitrogens with one attached hydrogen (secondary N) is 2. The predicted octanol–water partition coefficient (Wildman–Crippen LogP) is 1.33. The van der Waals surface area contributed by atoms with Crippen molar-refractivity contribution in [3.63, 3.8) is 0 Å². The van der Waals surface area contributed by atoms with Crippen LogP contribution in [0.4, 0.5) is 5.69 Å². The number of methoxy groups -OCH3 is 1. The van der Waals surface area contributed by atoms with Gasteiger partial charge >= 0.3 is 17.8 Å². The highest BCUT2D eigenvalue weighted by Gasteiger charge is 2.20. The zero-order chi connectivity index (χ0) is 15.3. The number of carbonyl (C=O) groups excluding carboxylic acids is 3. The Labute approximate surface area is 117 Å². The van der Waals surface area contributed by atoms with Gasteiger partial charge in [0.15, 0.2) is 0 Å². The molecule has 2 N–H and O–H groups in total. The molecule has 1 rings (SSSR count). The monoisotopic (exact) mass is 278 g/mol. The minimum Gasteiger partial charge on any atom is -0.465 e. The summed E-state index contributed by atoms with van der Waals surface area (Å²) < 4.78 is 4.56. The van der Waals surface area contributed by atoms with Crippen molar-refractivity contribution < 1.29 is 19.1 Å². The van der Waals surface area contributed by atoms with Crippen LogP contribution in [0, 0.1) is 0 Å². The van der Waals surface area contributed by atoms with E-state index >= 15 is 0 Å². The second-order valence-electron chi connectivity index (χ2n) is 5.23. The normalized spacial score (nSPS) is 10.6. The molecular formula is C14H18N2O4. The Balaban J connectivity index is 2.67. The smallest absolute Gasteiger partial charge is 0.337 e. The molecule has 0 aliphatic rings. The van der Waals surface area contributed by atoms with Crippen LogP contribution in [-0.4, -0.2) is 30.4 Å². The van der Waals surface area contributed by atoms with Crippen molar-refractivity contribution in [3.05, 3.63) is 29.8 Å². The third-order valence-corrected chi connectivity index (χ3v) is 2.26. The molecule has 1 aromatic carbocycles. The molecule has 108 valence electrons. The topological polar surface area (TPSA) is 84.5 Å². The molecular weight excluding hydrogens is 260 g/mol. The van der Waals surface area contributed by atoms with E-state index in [-0.39, 0.29) is 0 Å². The van der Waals surface area contributed by atoms with Gasteiger partial charge in [0.25, 0.3) is 0 Å². The summed E-state index contributed by atoms with van der Waals surface area (Å²) in [6.45, 7) is 5.34. The zero-order valence-corrected chi connectivity index (χ0v) is 11.9. The maximum absolute atomic E-state index is 11.7. The molecule has 0 bridgehead atoms. The molecule has 0 saturated carbocycles. The highest BCUT2D eigenvalue weighted by molar-refractivity contribution is 6.39. The van der Waals surface area contributed by atoms with Gasteiger partial charge in [-0.05, 0) is 45.0 Å². The molecule has 2 amide bonds. The van der Waals surface area contributed by atoms with Crippen LogP contribution in [0.3, 0.4) is 0 Å². The third-order valence-electron chi connectivity index (χ3n) is 2.26. The predicted molar refractivity (Wildman–Crippen MR) is 74.3 cm³/mol. The molecule has 0 aliphatic heterocycles. The lowest BCUT2D eigenvalue weighted by Gasteiger charge is -2.19. The second-order valence-corrected chi connectivity index (χ2v) is 5.23. The number of hydrogen-bond donors (Lipinski definition) is 2. The summed E-state index contributed by atoms with van der Waals surface area (Å²) >= 11 is 0. The molecule has 0 aliphatic carbocycles. The zero-order valence-electron chi connectivity index (χ0n) is 11.9. The molecule has 20 heavy (non-hydrogen) atoms. The molecule has 0 unspecified atom stereocenters. The Kier molecular flexibility index (Phi) is 4.85. The van der Waals surface area contributed by atoms with E-state index in [4.69, 9.17) is 0 Å². The molecule has 0 radical (unpaired) electrons. The highest BCUT2D eigenvalue weighted by Crippen LogP contribution is 2.10. The number of amides is 2. The summed E-state index contributed by atoms with van der Waals surface area (Å²) in [4.78, 5) is 34.5. The molecule has 6 nitrogen and oxygen atoms in total. The number of rotatable bonds is 2. The summed E-state index contributed by atoms with van der Waals surface area (Å²) in [6, 6.07) is 6.05. The first-order valence-corrected chi connectivity index (χ1v) is 6.05. The van der Waals surface area contributed by atoms with Gasteiger partial charge in [-0.25, -0.2) is 4.79 Å². The van der Waals surface area contributed by atoms with Gasteiger partial charge in [-0.2, -0.15) is 0 Å². The molecule has 1 aromatic rings. The Morgan fingerprint density at radius 3 is 2.00 bits per heavy atom. The van der Waals surface area contributed by atoms with Gasteiger partial charge in [-0.1, -0.05) is 0 Å².